The number of amides is 2. The lowest BCUT2D eigenvalue weighted by atomic mass is 10.1. The molecule has 0 aliphatic heterocycles. The number of alkyl halides is 3. The summed E-state index contributed by atoms with van der Waals surface area (Å²) in [5, 5.41) is 14.7. The Labute approximate surface area is 203 Å². The SMILES string of the molecule is N#C/C(=C\c1ccccc1OCC(=O)Nc1ccccc1Cl)C(=O)Nc1cccc(C(F)(F)F)c1. The van der Waals surface area contributed by atoms with Gasteiger partial charge < -0.3 is 15.4 Å². The van der Waals surface area contributed by atoms with E-state index in [2.05, 4.69) is 10.6 Å². The number of carbonyl (C=O) groups is 2. The molecular weight excluding hydrogens is 483 g/mol. The monoisotopic (exact) mass is 499 g/mol. The standard InChI is InChI=1S/C25H17ClF3N3O3/c26-20-9-2-3-10-21(20)32-23(33)15-35-22-11-4-1-6-16(22)12-17(14-30)24(34)31-19-8-5-7-18(13-19)25(27,28)29/h1-13H,15H2,(H,31,34)(H,32,33)/b17-12+. The molecule has 0 saturated carbocycles. The molecule has 3 aromatic carbocycles. The molecule has 0 aromatic heterocycles. The van der Waals surface area contributed by atoms with Crippen LogP contribution in [0.25, 0.3) is 6.08 Å². The van der Waals surface area contributed by atoms with E-state index in [1.165, 1.54) is 18.2 Å². The first-order valence-electron chi connectivity index (χ1n) is 10.0. The first-order valence-corrected chi connectivity index (χ1v) is 10.4. The van der Waals surface area contributed by atoms with E-state index < -0.39 is 23.6 Å². The molecule has 0 aliphatic rings. The van der Waals surface area contributed by atoms with E-state index in [9.17, 15) is 28.0 Å². The average Bonchev–Trinajstić information content (AvgIpc) is 2.83. The molecule has 0 fully saturated rings. The summed E-state index contributed by atoms with van der Waals surface area (Å²) in [5.74, 6) is -1.18. The molecule has 0 bridgehead atoms. The molecule has 0 radical (unpaired) electrons. The second-order valence-corrected chi connectivity index (χ2v) is 7.46. The normalized spacial score (nSPS) is 11.3. The van der Waals surface area contributed by atoms with Crippen LogP contribution in [0.2, 0.25) is 5.02 Å². The van der Waals surface area contributed by atoms with Crippen LogP contribution < -0.4 is 15.4 Å². The summed E-state index contributed by atoms with van der Waals surface area (Å²) in [6.07, 6.45) is -3.37. The lowest BCUT2D eigenvalue weighted by Crippen LogP contribution is -2.20. The number of anilines is 2. The van der Waals surface area contributed by atoms with Gasteiger partial charge in [-0.1, -0.05) is 48.0 Å². The number of rotatable bonds is 7. The Balaban J connectivity index is 1.72. The minimum Gasteiger partial charge on any atom is -0.483 e. The van der Waals surface area contributed by atoms with Gasteiger partial charge in [-0.05, 0) is 42.5 Å². The third-order valence-electron chi connectivity index (χ3n) is 4.54. The van der Waals surface area contributed by atoms with Crippen molar-refractivity contribution in [3.05, 3.63) is 94.5 Å². The number of hydrogen-bond donors (Lipinski definition) is 2. The largest absolute Gasteiger partial charge is 0.483 e. The van der Waals surface area contributed by atoms with Crippen molar-refractivity contribution >= 4 is 40.9 Å². The Morgan fingerprint density at radius 3 is 2.43 bits per heavy atom. The maximum absolute atomic E-state index is 12.9. The van der Waals surface area contributed by atoms with Gasteiger partial charge in [0.25, 0.3) is 11.8 Å². The predicted octanol–water partition coefficient (Wildman–Crippen LogP) is 5.92. The van der Waals surface area contributed by atoms with Crippen LogP contribution in [0.1, 0.15) is 11.1 Å². The summed E-state index contributed by atoms with van der Waals surface area (Å²) in [7, 11) is 0. The Kier molecular flexibility index (Phi) is 8.12. The topological polar surface area (TPSA) is 91.2 Å². The summed E-state index contributed by atoms with van der Waals surface area (Å²) in [6, 6.07) is 18.8. The van der Waals surface area contributed by atoms with E-state index in [0.29, 0.717) is 16.3 Å². The van der Waals surface area contributed by atoms with Crippen LogP contribution in [0, 0.1) is 11.3 Å². The van der Waals surface area contributed by atoms with Crippen LogP contribution >= 0.6 is 11.6 Å². The van der Waals surface area contributed by atoms with E-state index >= 15 is 0 Å². The number of carbonyl (C=O) groups excluding carboxylic acids is 2. The highest BCUT2D eigenvalue weighted by Gasteiger charge is 2.30. The first-order chi connectivity index (χ1) is 16.7. The number of ether oxygens (including phenoxy) is 1. The Morgan fingerprint density at radius 2 is 1.71 bits per heavy atom. The molecule has 35 heavy (non-hydrogen) atoms. The number of para-hydroxylation sites is 2. The third kappa shape index (κ3) is 7.09. The van der Waals surface area contributed by atoms with E-state index in [1.54, 1.807) is 48.5 Å². The van der Waals surface area contributed by atoms with Gasteiger partial charge in [-0.15, -0.1) is 0 Å². The molecule has 0 saturated heterocycles. The van der Waals surface area contributed by atoms with Crippen LogP contribution in [-0.2, 0) is 15.8 Å². The summed E-state index contributed by atoms with van der Waals surface area (Å²) >= 11 is 6.02. The van der Waals surface area contributed by atoms with Crippen molar-refractivity contribution < 1.29 is 27.5 Å². The zero-order valence-corrected chi connectivity index (χ0v) is 18.7. The molecule has 2 amide bonds. The zero-order valence-electron chi connectivity index (χ0n) is 17.9. The summed E-state index contributed by atoms with van der Waals surface area (Å²) in [4.78, 5) is 24.8. The molecule has 0 unspecified atom stereocenters. The van der Waals surface area contributed by atoms with E-state index in [-0.39, 0.29) is 23.6 Å². The highest BCUT2D eigenvalue weighted by atomic mass is 35.5. The molecule has 178 valence electrons. The molecule has 3 rings (SSSR count). The van der Waals surface area contributed by atoms with Gasteiger partial charge in [0.2, 0.25) is 0 Å². The van der Waals surface area contributed by atoms with E-state index in [1.807, 2.05) is 0 Å². The number of halogens is 4. The lowest BCUT2D eigenvalue weighted by molar-refractivity contribution is -0.137. The first kappa shape index (κ1) is 25.3. The third-order valence-corrected chi connectivity index (χ3v) is 4.87. The van der Waals surface area contributed by atoms with Crippen molar-refractivity contribution in [2.24, 2.45) is 0 Å². The summed E-state index contributed by atoms with van der Waals surface area (Å²) < 4.78 is 44.3. The Hall–Kier alpha value is -4.29. The smallest absolute Gasteiger partial charge is 0.416 e. The van der Waals surface area contributed by atoms with E-state index in [4.69, 9.17) is 16.3 Å². The van der Waals surface area contributed by atoms with Crippen LogP contribution in [0.5, 0.6) is 5.75 Å². The molecule has 2 N–H and O–H groups in total. The number of nitriles is 1. The molecular formula is C25H17ClF3N3O3. The van der Waals surface area contributed by atoms with Crippen molar-refractivity contribution in [1.82, 2.24) is 0 Å². The Morgan fingerprint density at radius 1 is 1.00 bits per heavy atom. The van der Waals surface area contributed by atoms with Gasteiger partial charge in [-0.3, -0.25) is 9.59 Å². The highest BCUT2D eigenvalue weighted by molar-refractivity contribution is 6.33. The van der Waals surface area contributed by atoms with Crippen molar-refractivity contribution in [2.75, 3.05) is 17.2 Å². The van der Waals surface area contributed by atoms with Crippen LogP contribution in [-0.4, -0.2) is 18.4 Å². The van der Waals surface area contributed by atoms with Gasteiger partial charge in [0.05, 0.1) is 16.3 Å². The van der Waals surface area contributed by atoms with Crippen molar-refractivity contribution in [3.63, 3.8) is 0 Å². The second kappa shape index (κ2) is 11.2. The van der Waals surface area contributed by atoms with Crippen molar-refractivity contribution in [2.45, 2.75) is 6.18 Å². The molecule has 0 aliphatic carbocycles. The van der Waals surface area contributed by atoms with Crippen molar-refractivity contribution in [1.29, 1.82) is 5.26 Å². The molecule has 0 spiro atoms. The maximum Gasteiger partial charge on any atom is 0.416 e. The molecule has 0 heterocycles. The Bertz CT molecular complexity index is 1320. The summed E-state index contributed by atoms with van der Waals surface area (Å²) in [5.41, 5.74) is -0.708. The maximum atomic E-state index is 12.9. The van der Waals surface area contributed by atoms with Gasteiger partial charge in [0.1, 0.15) is 17.4 Å². The van der Waals surface area contributed by atoms with Crippen LogP contribution in [0.3, 0.4) is 0 Å². The van der Waals surface area contributed by atoms with Crippen LogP contribution in [0.4, 0.5) is 24.5 Å². The molecule has 0 atom stereocenters. The number of nitrogens with zero attached hydrogens (tertiary/aromatic N) is 1. The number of benzene rings is 3. The van der Waals surface area contributed by atoms with Gasteiger partial charge in [0.15, 0.2) is 6.61 Å². The predicted molar refractivity (Wildman–Crippen MR) is 126 cm³/mol. The minimum atomic E-state index is -4.58. The molecule has 3 aromatic rings. The minimum absolute atomic E-state index is 0.119. The second-order valence-electron chi connectivity index (χ2n) is 7.06. The molecule has 10 heteroatoms. The fourth-order valence-electron chi connectivity index (χ4n) is 2.90. The van der Waals surface area contributed by atoms with Gasteiger partial charge in [0, 0.05) is 11.3 Å². The van der Waals surface area contributed by atoms with Gasteiger partial charge in [-0.25, -0.2) is 0 Å². The quantitative estimate of drug-likeness (QED) is 0.312. The zero-order chi connectivity index (χ0) is 25.4. The fourth-order valence-corrected chi connectivity index (χ4v) is 3.08. The fraction of sp³-hybridized carbons (Fsp3) is 0.0800. The number of nitrogens with one attached hydrogen (secondary N) is 2. The highest BCUT2D eigenvalue weighted by Crippen LogP contribution is 2.31. The lowest BCUT2D eigenvalue weighted by Gasteiger charge is -2.11. The van der Waals surface area contributed by atoms with Gasteiger partial charge >= 0.3 is 6.18 Å². The number of hydrogen-bond acceptors (Lipinski definition) is 4. The van der Waals surface area contributed by atoms with E-state index in [0.717, 1.165) is 18.2 Å². The average molecular weight is 500 g/mol. The van der Waals surface area contributed by atoms with Crippen LogP contribution in [0.15, 0.2) is 78.4 Å². The molecule has 6 nitrogen and oxygen atoms in total. The van der Waals surface area contributed by atoms with Gasteiger partial charge in [-0.2, -0.15) is 18.4 Å². The summed E-state index contributed by atoms with van der Waals surface area (Å²) in [6.45, 7) is -0.381. The van der Waals surface area contributed by atoms with Crippen molar-refractivity contribution in [3.8, 4) is 11.8 Å².